The maximum absolute atomic E-state index is 2.67. The third-order valence-electron chi connectivity index (χ3n) is 20.7. The van der Waals surface area contributed by atoms with E-state index in [0.717, 1.165) is 78.6 Å². The first-order valence-corrected chi connectivity index (χ1v) is 35.2. The molecule has 0 aliphatic carbocycles. The zero-order valence-electron chi connectivity index (χ0n) is 55.2. The topological polar surface area (TPSA) is 11.4 Å². The predicted molar refractivity (Wildman–Crippen MR) is 424 cm³/mol. The van der Waals surface area contributed by atoms with Crippen LogP contribution < -0.4 is 26.2 Å². The molecule has 99 heavy (non-hydrogen) atoms. The molecule has 0 bridgehead atoms. The van der Waals surface area contributed by atoms with E-state index in [1.165, 1.54) is 103 Å². The molecule has 2 aliphatic heterocycles. The molecule has 0 amide bonds. The summed E-state index contributed by atoms with van der Waals surface area (Å²) in [7, 11) is 0. The van der Waals surface area contributed by atoms with Gasteiger partial charge in [-0.15, -0.1) is 11.3 Å². The van der Waals surface area contributed by atoms with Gasteiger partial charge in [-0.25, -0.2) is 0 Å². The molecule has 2 aliphatic rings. The minimum atomic E-state index is -0.220. The van der Waals surface area contributed by atoms with Crippen molar-refractivity contribution in [2.45, 2.75) is 26.2 Å². The lowest BCUT2D eigenvalue weighted by atomic mass is 9.33. The van der Waals surface area contributed by atoms with Crippen molar-refractivity contribution < 1.29 is 0 Å². The van der Waals surface area contributed by atoms with Gasteiger partial charge in [-0.1, -0.05) is 257 Å². The highest BCUT2D eigenvalue weighted by Gasteiger charge is 2.45. The van der Waals surface area contributed by atoms with Crippen molar-refractivity contribution in [1.29, 1.82) is 0 Å². The number of nitrogens with zero attached hydrogens (tertiary/aromatic N) is 3. The van der Waals surface area contributed by atoms with Crippen molar-refractivity contribution in [1.82, 2.24) is 4.57 Å². The lowest BCUT2D eigenvalue weighted by Crippen LogP contribution is -2.61. The van der Waals surface area contributed by atoms with Crippen molar-refractivity contribution in [2.75, 3.05) is 9.80 Å². The zero-order chi connectivity index (χ0) is 65.9. The molecule has 15 aromatic carbocycles. The molecular weight excluding hydrogens is 1210 g/mol. The number of rotatable bonds is 10. The Balaban J connectivity index is 0.956. The van der Waals surface area contributed by atoms with Crippen LogP contribution in [0.1, 0.15) is 26.3 Å². The van der Waals surface area contributed by atoms with Crippen molar-refractivity contribution in [2.24, 2.45) is 0 Å². The van der Waals surface area contributed by atoms with Crippen LogP contribution >= 0.6 is 11.3 Å². The number of hydrogen-bond acceptors (Lipinski definition) is 3. The van der Waals surface area contributed by atoms with Crippen LogP contribution in [0.3, 0.4) is 0 Å². The fourth-order valence-electron chi connectivity index (χ4n) is 16.0. The fraction of sp³-hybridized carbons (Fsp3) is 0.0426. The lowest BCUT2D eigenvalue weighted by molar-refractivity contribution is 0.590. The highest BCUT2D eigenvalue weighted by atomic mass is 32.1. The first-order chi connectivity index (χ1) is 48.7. The van der Waals surface area contributed by atoms with E-state index >= 15 is 0 Å². The Morgan fingerprint density at radius 1 is 0.263 bits per heavy atom. The van der Waals surface area contributed by atoms with Crippen LogP contribution in [0.15, 0.2) is 346 Å². The van der Waals surface area contributed by atoms with Gasteiger partial charge in [0.25, 0.3) is 6.71 Å². The van der Waals surface area contributed by atoms with Gasteiger partial charge in [0.1, 0.15) is 0 Å². The van der Waals surface area contributed by atoms with Crippen LogP contribution in [0.4, 0.5) is 34.1 Å². The summed E-state index contributed by atoms with van der Waals surface area (Å²) in [4.78, 5) is 5.33. The molecule has 0 fully saturated rings. The fourth-order valence-corrected chi connectivity index (χ4v) is 17.1. The third-order valence-corrected chi connectivity index (χ3v) is 21.8. The number of para-hydroxylation sites is 4. The number of aromatic nitrogens is 1. The molecule has 19 rings (SSSR count). The van der Waals surface area contributed by atoms with Crippen LogP contribution in [0.5, 0.6) is 0 Å². The summed E-state index contributed by atoms with van der Waals surface area (Å²) in [5.41, 5.74) is 31.5. The number of thiophene rings is 1. The molecular formula is C94H66BN3S. The van der Waals surface area contributed by atoms with E-state index in [1.54, 1.807) is 0 Å². The summed E-state index contributed by atoms with van der Waals surface area (Å²) in [6.45, 7) is 6.71. The third kappa shape index (κ3) is 9.86. The molecule has 0 atom stereocenters. The summed E-state index contributed by atoms with van der Waals surface area (Å²) < 4.78 is 5.05. The van der Waals surface area contributed by atoms with Crippen molar-refractivity contribution >= 4 is 111 Å². The van der Waals surface area contributed by atoms with Crippen molar-refractivity contribution in [3.63, 3.8) is 0 Å². The van der Waals surface area contributed by atoms with E-state index in [0.29, 0.717) is 0 Å². The second-order valence-corrected chi connectivity index (χ2v) is 28.7. The molecule has 5 heteroatoms. The average molecular weight is 1280 g/mol. The molecule has 466 valence electrons. The quantitative estimate of drug-likeness (QED) is 0.126. The summed E-state index contributed by atoms with van der Waals surface area (Å²) in [6.07, 6.45) is 0. The highest BCUT2D eigenvalue weighted by molar-refractivity contribution is 7.26. The van der Waals surface area contributed by atoms with E-state index in [4.69, 9.17) is 0 Å². The van der Waals surface area contributed by atoms with Gasteiger partial charge in [-0.05, 0) is 203 Å². The minimum Gasteiger partial charge on any atom is -0.311 e. The molecule has 0 unspecified atom stereocenters. The van der Waals surface area contributed by atoms with Gasteiger partial charge in [0.2, 0.25) is 0 Å². The summed E-state index contributed by atoms with van der Waals surface area (Å²) >= 11 is 1.90. The van der Waals surface area contributed by atoms with E-state index in [2.05, 4.69) is 381 Å². The maximum atomic E-state index is 2.67. The number of benzene rings is 15. The maximum Gasteiger partial charge on any atom is 0.252 e. The second-order valence-electron chi connectivity index (χ2n) is 27.6. The Bertz CT molecular complexity index is 5880. The molecule has 17 aromatic rings. The van der Waals surface area contributed by atoms with Gasteiger partial charge >= 0.3 is 0 Å². The Kier molecular flexibility index (Phi) is 13.8. The van der Waals surface area contributed by atoms with Crippen LogP contribution in [0, 0.1) is 0 Å². The molecule has 0 spiro atoms. The zero-order valence-corrected chi connectivity index (χ0v) is 56.1. The van der Waals surface area contributed by atoms with E-state index in [1.807, 2.05) is 11.3 Å². The number of hydrogen-bond donors (Lipinski definition) is 0. The van der Waals surface area contributed by atoms with Crippen LogP contribution in [-0.2, 0) is 5.41 Å². The summed E-state index contributed by atoms with van der Waals surface area (Å²) in [5.74, 6) is 0. The van der Waals surface area contributed by atoms with Crippen molar-refractivity contribution in [3.8, 4) is 83.6 Å². The molecule has 4 heterocycles. The Hall–Kier alpha value is -12.0. The molecule has 3 nitrogen and oxygen atoms in total. The van der Waals surface area contributed by atoms with Gasteiger partial charge in [0.15, 0.2) is 0 Å². The SMILES string of the molecule is CC(C)(C)c1ccc(-c2cc3c4c(c2)N(c2ccccc2-c2cc(-c5ccccc5)cc(-c5ccccc5)c2)c2cc5c6ccccc6n(-c6ccccc6)c5cc2B4c2cc4sc5ccccc5c4cc2N3c2ccccc2-c2cc(-c3ccccc3)cc(-c3ccccc3)c2)cc1. The largest absolute Gasteiger partial charge is 0.311 e. The van der Waals surface area contributed by atoms with E-state index in [-0.39, 0.29) is 12.1 Å². The Labute approximate surface area is 582 Å². The van der Waals surface area contributed by atoms with Gasteiger partial charge in [0.05, 0.1) is 22.4 Å². The lowest BCUT2D eigenvalue weighted by Gasteiger charge is -2.45. The smallest absolute Gasteiger partial charge is 0.252 e. The normalized spacial score (nSPS) is 12.5. The Morgan fingerprint density at radius 3 is 1.18 bits per heavy atom. The Morgan fingerprint density at radius 2 is 0.667 bits per heavy atom. The van der Waals surface area contributed by atoms with Gasteiger partial charge < -0.3 is 14.4 Å². The molecule has 2 aromatic heterocycles. The van der Waals surface area contributed by atoms with Gasteiger partial charge in [0, 0.05) is 70.5 Å². The van der Waals surface area contributed by atoms with Crippen molar-refractivity contribution in [3.05, 3.63) is 351 Å². The average Bonchev–Trinajstić information content (AvgIpc) is 1.62. The van der Waals surface area contributed by atoms with Gasteiger partial charge in [-0.3, -0.25) is 0 Å². The van der Waals surface area contributed by atoms with Crippen LogP contribution in [0.25, 0.3) is 126 Å². The number of anilines is 6. The monoisotopic (exact) mass is 1280 g/mol. The summed E-state index contributed by atoms with van der Waals surface area (Å²) in [5, 5.41) is 4.93. The predicted octanol–water partition coefficient (Wildman–Crippen LogP) is 24.2. The molecule has 0 saturated heterocycles. The minimum absolute atomic E-state index is 0.0372. The second kappa shape index (κ2) is 23.4. The standard InChI is InChI=1S/C94H66BN3S/c1-94(2,3)73-47-45-65(46-48-73)70-55-89-93-90(56-70)98(84-42-24-20-38-76(84)72-53-68(63-31-13-6-14-32-63)50-69(54-72)64-33-15-7-16-34-64)88-58-80-78-40-22-26-44-91(78)99-92(80)60-82(88)95(93)81-59-86-79(77-39-21-25-43-85(77)96(86)74-35-17-8-18-36-74)57-87(81)97(89)83-41-23-19-37-75(83)71-51-66(61-27-9-4-10-28-61)49-67(52-71)62-29-11-5-12-30-62/h4-60H,1-3H3. The first kappa shape index (κ1) is 58.3. The molecule has 0 radical (unpaired) electrons. The van der Waals surface area contributed by atoms with E-state index < -0.39 is 0 Å². The first-order valence-electron chi connectivity index (χ1n) is 34.4. The molecule has 0 saturated carbocycles. The van der Waals surface area contributed by atoms with E-state index in [9.17, 15) is 0 Å². The van der Waals surface area contributed by atoms with Gasteiger partial charge in [-0.2, -0.15) is 0 Å². The summed E-state index contributed by atoms with van der Waals surface area (Å²) in [6, 6.07) is 130. The molecule has 0 N–H and O–H groups in total. The van der Waals surface area contributed by atoms with Crippen LogP contribution in [-0.4, -0.2) is 11.3 Å². The highest BCUT2D eigenvalue weighted by Crippen LogP contribution is 2.53. The van der Waals surface area contributed by atoms with Crippen LogP contribution in [0.2, 0.25) is 0 Å². The number of fused-ring (bicyclic) bond motifs is 10.